The molecule has 536 valence electrons. The molecule has 0 saturated carbocycles. The van der Waals surface area contributed by atoms with Crippen LogP contribution in [-0.2, 0) is 13.4 Å². The number of phosphoric acid groups is 2. The molecule has 0 rings (SSSR count). The van der Waals surface area contributed by atoms with Gasteiger partial charge in [-0.1, -0.05) is 186 Å². The Morgan fingerprint density at radius 1 is 0.226 bits per heavy atom. The van der Waals surface area contributed by atoms with Gasteiger partial charge in [0.1, 0.15) is 0 Å². The van der Waals surface area contributed by atoms with Crippen LogP contribution in [-0.4, -0.2) is 45.8 Å². The van der Waals surface area contributed by atoms with Crippen LogP contribution in [0.2, 0.25) is 0 Å². The Labute approximate surface area is 573 Å². The molecule has 12 N–H and O–H groups in total. The predicted octanol–water partition coefficient (Wildman–Crippen LogP) is 23.6. The van der Waals surface area contributed by atoms with Gasteiger partial charge in [-0.15, -0.1) is 0 Å². The van der Waals surface area contributed by atoms with Crippen molar-refractivity contribution in [2.45, 2.75) is 293 Å². The van der Waals surface area contributed by atoms with E-state index in [0.29, 0.717) is 26.2 Å². The minimum atomic E-state index is -5.05. The highest BCUT2D eigenvalue weighted by molar-refractivity contribution is 7.60. The summed E-state index contributed by atoms with van der Waals surface area (Å²) in [5, 5.41) is 0. The highest BCUT2D eigenvalue weighted by atomic mass is 31.3. The standard InChI is InChI=1S/4C20H35N.H4O7P2/c4*1-17(2)9-6-10-18(3)11-7-12-19(4)13-8-14-20(5)15-16-21;1-8(2,3)7-9(4,5)6/h4*9,11,13,15H,6-8,10,12,14,16,21H2,1-5H3;(H2,1,2,3)(H2,4,5,6)/b4*18-11+,19-13?,20-15+;. The van der Waals surface area contributed by atoms with Gasteiger partial charge in [0.2, 0.25) is 0 Å². The van der Waals surface area contributed by atoms with Gasteiger partial charge in [0.05, 0.1) is 0 Å². The molecule has 0 spiro atoms. The van der Waals surface area contributed by atoms with E-state index < -0.39 is 15.6 Å². The molecule has 0 aliphatic rings. The molecular weight excluding hydrogens is 1190 g/mol. The number of nitrogens with two attached hydrogens (primary N) is 4. The average molecular weight is 1340 g/mol. The quantitative estimate of drug-likeness (QED) is 0.0212. The van der Waals surface area contributed by atoms with Gasteiger partial charge in [0.25, 0.3) is 0 Å². The van der Waals surface area contributed by atoms with E-state index in [-0.39, 0.29) is 0 Å². The summed E-state index contributed by atoms with van der Waals surface area (Å²) in [4.78, 5) is 31.0. The highest BCUT2D eigenvalue weighted by Gasteiger charge is 2.28. The lowest BCUT2D eigenvalue weighted by atomic mass is 10.0. The van der Waals surface area contributed by atoms with Gasteiger partial charge >= 0.3 is 15.6 Å². The maximum absolute atomic E-state index is 9.63. The third-order valence-electron chi connectivity index (χ3n) is 14.7. The van der Waals surface area contributed by atoms with Crippen molar-refractivity contribution in [2.75, 3.05) is 26.2 Å². The van der Waals surface area contributed by atoms with Crippen LogP contribution in [0.25, 0.3) is 0 Å². The second kappa shape index (κ2) is 65.2. The van der Waals surface area contributed by atoms with E-state index in [1.54, 1.807) is 0 Å². The van der Waals surface area contributed by atoms with Gasteiger partial charge in [-0.2, -0.15) is 4.31 Å². The Hall–Kier alpha value is -4.06. The van der Waals surface area contributed by atoms with Gasteiger partial charge < -0.3 is 42.5 Å². The van der Waals surface area contributed by atoms with Crippen molar-refractivity contribution in [1.29, 1.82) is 0 Å². The average Bonchev–Trinajstić information content (AvgIpc) is 2.58. The van der Waals surface area contributed by atoms with Crippen LogP contribution >= 0.6 is 15.6 Å². The normalized spacial score (nSPS) is 13.5. The summed E-state index contributed by atoms with van der Waals surface area (Å²) >= 11 is 0. The Morgan fingerprint density at radius 3 is 0.419 bits per heavy atom. The van der Waals surface area contributed by atoms with Gasteiger partial charge in [-0.05, 0) is 293 Å². The summed E-state index contributed by atoms with van der Waals surface area (Å²) in [6.45, 7) is 46.6. The summed E-state index contributed by atoms with van der Waals surface area (Å²) in [7, 11) is -10.1. The molecule has 0 radical (unpaired) electrons. The van der Waals surface area contributed by atoms with Crippen LogP contribution < -0.4 is 22.9 Å². The van der Waals surface area contributed by atoms with E-state index in [0.717, 1.165) is 51.4 Å². The molecule has 0 aromatic rings. The smallest absolute Gasteiger partial charge is 0.327 e. The van der Waals surface area contributed by atoms with E-state index in [2.05, 4.69) is 240 Å². The lowest BCUT2D eigenvalue weighted by molar-refractivity contribution is 0.225. The van der Waals surface area contributed by atoms with Gasteiger partial charge in [0, 0.05) is 26.2 Å². The van der Waals surface area contributed by atoms with Crippen molar-refractivity contribution >= 4 is 15.6 Å². The minimum absolute atomic E-state index is 0.658. The Balaban J connectivity index is -0.000000354. The third kappa shape index (κ3) is 87.9. The Bertz CT molecular complexity index is 2250. The fraction of sp³-hybridized carbons (Fsp3) is 0.600. The van der Waals surface area contributed by atoms with Crippen molar-refractivity contribution in [3.63, 3.8) is 0 Å². The fourth-order valence-corrected chi connectivity index (χ4v) is 10.0. The zero-order chi connectivity index (χ0) is 72.1. The lowest BCUT2D eigenvalue weighted by Crippen LogP contribution is -1.94. The molecule has 0 amide bonds. The van der Waals surface area contributed by atoms with E-state index in [9.17, 15) is 9.13 Å². The number of hydrogen-bond acceptors (Lipinski definition) is 7. The van der Waals surface area contributed by atoms with Crippen molar-refractivity contribution in [2.24, 2.45) is 22.9 Å². The summed E-state index contributed by atoms with van der Waals surface area (Å²) < 4.78 is 22.2. The van der Waals surface area contributed by atoms with Crippen molar-refractivity contribution < 1.29 is 33.0 Å². The topological polar surface area (TPSA) is 228 Å². The SMILES string of the molecule is CC(C)=CCC/C(C)=C/CCC(C)=CCC/C(C)=C/CN.CC(C)=CCC/C(C)=C/CCC(C)=CCC/C(C)=C/CN.CC(C)=CCC/C(C)=C/CCC(C)=CCC/C(C)=C/CN.CC(C)=CCC/C(C)=C/CCC(C)=CCC/C(C)=C/CN.O=P(O)(O)OP(=O)(O)O. The molecule has 13 heteroatoms. The van der Waals surface area contributed by atoms with Crippen molar-refractivity contribution in [3.8, 4) is 0 Å². The zero-order valence-electron chi connectivity index (χ0n) is 63.3. The van der Waals surface area contributed by atoms with Gasteiger partial charge in [-0.3, -0.25) is 0 Å². The largest absolute Gasteiger partial charge is 0.478 e. The maximum atomic E-state index is 9.63. The Kier molecular flexibility index (Phi) is 68.5. The first-order valence-electron chi connectivity index (χ1n) is 34.6. The van der Waals surface area contributed by atoms with Crippen LogP contribution in [0.4, 0.5) is 0 Å². The monoisotopic (exact) mass is 1340 g/mol. The Morgan fingerprint density at radius 2 is 0.333 bits per heavy atom. The third-order valence-corrected chi connectivity index (χ3v) is 16.4. The van der Waals surface area contributed by atoms with Crippen molar-refractivity contribution in [1.82, 2.24) is 0 Å². The van der Waals surface area contributed by atoms with Crippen LogP contribution in [0.1, 0.15) is 293 Å². The minimum Gasteiger partial charge on any atom is -0.327 e. The zero-order valence-corrected chi connectivity index (χ0v) is 65.0. The second-order valence-corrected chi connectivity index (χ2v) is 28.8. The van der Waals surface area contributed by atoms with E-state index in [1.165, 1.54) is 192 Å². The molecule has 0 fully saturated rings. The van der Waals surface area contributed by atoms with Crippen LogP contribution in [0, 0.1) is 0 Å². The number of rotatable bonds is 42. The molecule has 0 aliphatic heterocycles. The van der Waals surface area contributed by atoms with Crippen LogP contribution in [0.15, 0.2) is 186 Å². The molecule has 0 atom stereocenters. The van der Waals surface area contributed by atoms with Crippen LogP contribution in [0.5, 0.6) is 0 Å². The predicted molar refractivity (Wildman–Crippen MR) is 415 cm³/mol. The van der Waals surface area contributed by atoms with E-state index >= 15 is 0 Å². The summed E-state index contributed by atoms with van der Waals surface area (Å²) in [5.41, 5.74) is 45.4. The molecule has 0 unspecified atom stereocenters. The summed E-state index contributed by atoms with van der Waals surface area (Å²) in [6, 6.07) is 0. The number of allylic oxidation sites excluding steroid dienone is 28. The first-order chi connectivity index (χ1) is 43.5. The molecular formula is C80H144N4O7P2. The molecule has 0 aliphatic carbocycles. The summed E-state index contributed by atoms with van der Waals surface area (Å²) in [6.07, 6.45) is 64.7. The van der Waals surface area contributed by atoms with Crippen molar-refractivity contribution in [3.05, 3.63) is 186 Å². The first-order valence-corrected chi connectivity index (χ1v) is 37.6. The lowest BCUT2D eigenvalue weighted by Gasteiger charge is -2.03. The molecule has 0 aromatic carbocycles. The molecule has 0 heterocycles. The highest BCUT2D eigenvalue weighted by Crippen LogP contribution is 2.53. The molecule has 0 bridgehead atoms. The maximum Gasteiger partial charge on any atom is 0.478 e. The van der Waals surface area contributed by atoms with Gasteiger partial charge in [0.15, 0.2) is 0 Å². The molecule has 0 saturated heterocycles. The molecule has 11 nitrogen and oxygen atoms in total. The number of hydrogen-bond donors (Lipinski definition) is 8. The van der Waals surface area contributed by atoms with Gasteiger partial charge in [-0.25, -0.2) is 9.13 Å². The summed E-state index contributed by atoms with van der Waals surface area (Å²) in [5.74, 6) is 0. The first kappa shape index (κ1) is 97.6. The molecule has 0 aromatic heterocycles. The molecule has 93 heavy (non-hydrogen) atoms. The fourth-order valence-electron chi connectivity index (χ4n) is 8.89. The van der Waals surface area contributed by atoms with E-state index in [1.807, 2.05) is 0 Å². The second-order valence-electron chi connectivity index (χ2n) is 26.2. The van der Waals surface area contributed by atoms with Crippen LogP contribution in [0.3, 0.4) is 0 Å². The van der Waals surface area contributed by atoms with E-state index in [4.69, 9.17) is 42.5 Å².